The summed E-state index contributed by atoms with van der Waals surface area (Å²) in [5.41, 5.74) is 1.07. The van der Waals surface area contributed by atoms with Gasteiger partial charge in [-0.15, -0.1) is 0 Å². The number of amides is 1. The van der Waals surface area contributed by atoms with Gasteiger partial charge in [-0.1, -0.05) is 30.3 Å². The number of pyridine rings is 1. The molecule has 3 aliphatic rings. The molecule has 8 heteroatoms. The van der Waals surface area contributed by atoms with Crippen LogP contribution in [0.2, 0.25) is 0 Å². The summed E-state index contributed by atoms with van der Waals surface area (Å²) < 4.78 is 39.6. The van der Waals surface area contributed by atoms with Crippen LogP contribution in [0.25, 0.3) is 0 Å². The van der Waals surface area contributed by atoms with E-state index in [1.807, 2.05) is 6.07 Å². The van der Waals surface area contributed by atoms with Crippen LogP contribution >= 0.6 is 0 Å². The maximum atomic E-state index is 13.8. The Morgan fingerprint density at radius 1 is 1.11 bits per heavy atom. The SMILES string of the molecule is O=C(N1CCc2ncc(C(F)(F)F)cc2C1)[C@@]1(CCO)CC[C@@H](N2CCC(c3ccccc3)CC2)C1. The molecule has 1 saturated heterocycles. The molecule has 1 N–H and O–H groups in total. The van der Waals surface area contributed by atoms with Crippen LogP contribution in [0, 0.1) is 5.41 Å². The molecule has 0 spiro atoms. The third kappa shape index (κ3) is 5.02. The van der Waals surface area contributed by atoms with Crippen molar-refractivity contribution in [1.29, 1.82) is 0 Å². The molecule has 1 amide bonds. The number of alkyl halides is 3. The average molecular weight is 502 g/mol. The molecule has 5 rings (SSSR count). The second-order valence-electron chi connectivity index (χ2n) is 10.7. The van der Waals surface area contributed by atoms with Crippen molar-refractivity contribution in [2.24, 2.45) is 5.41 Å². The van der Waals surface area contributed by atoms with Gasteiger partial charge in [0.15, 0.2) is 0 Å². The Kier molecular flexibility index (Phi) is 7.10. The third-order valence-corrected chi connectivity index (χ3v) is 8.60. The number of nitrogens with zero attached hydrogens (tertiary/aromatic N) is 3. The summed E-state index contributed by atoms with van der Waals surface area (Å²) in [5, 5.41) is 9.86. The molecular weight excluding hydrogens is 467 g/mol. The molecule has 2 aromatic rings. The molecule has 194 valence electrons. The minimum Gasteiger partial charge on any atom is -0.396 e. The summed E-state index contributed by atoms with van der Waals surface area (Å²) in [5.74, 6) is 0.539. The van der Waals surface area contributed by atoms with Crippen molar-refractivity contribution in [3.05, 3.63) is 65.0 Å². The van der Waals surface area contributed by atoms with Crippen molar-refractivity contribution in [2.45, 2.75) is 69.6 Å². The molecule has 1 aromatic carbocycles. The van der Waals surface area contributed by atoms with Crippen LogP contribution in [0.5, 0.6) is 0 Å². The maximum Gasteiger partial charge on any atom is 0.417 e. The Balaban J connectivity index is 1.25. The monoisotopic (exact) mass is 501 g/mol. The van der Waals surface area contributed by atoms with Crippen LogP contribution in [0.1, 0.15) is 66.8 Å². The van der Waals surface area contributed by atoms with Gasteiger partial charge in [0, 0.05) is 44.0 Å². The van der Waals surface area contributed by atoms with Crippen molar-refractivity contribution in [2.75, 3.05) is 26.2 Å². The van der Waals surface area contributed by atoms with Gasteiger partial charge in [-0.25, -0.2) is 0 Å². The van der Waals surface area contributed by atoms with Crippen molar-refractivity contribution >= 4 is 5.91 Å². The standard InChI is InChI=1S/C28H34F3N3O2/c29-28(30,31)23-16-22-19-34(14-9-25(22)32-18-23)26(36)27(11-15-35)10-6-24(17-27)33-12-7-21(8-13-33)20-4-2-1-3-5-20/h1-5,16,18,21,24,35H,6-15,17,19H2/t24-,27-/m1/s1. The lowest BCUT2D eigenvalue weighted by molar-refractivity contribution is -0.144. The van der Waals surface area contributed by atoms with Crippen LogP contribution in [-0.2, 0) is 23.9 Å². The van der Waals surface area contributed by atoms with E-state index < -0.39 is 17.2 Å². The number of piperidine rings is 1. The zero-order valence-corrected chi connectivity index (χ0v) is 20.5. The molecule has 0 unspecified atom stereocenters. The summed E-state index contributed by atoms with van der Waals surface area (Å²) in [4.78, 5) is 22.1. The van der Waals surface area contributed by atoms with Gasteiger partial charge >= 0.3 is 6.18 Å². The summed E-state index contributed by atoms with van der Waals surface area (Å²) in [6, 6.07) is 12.1. The first-order chi connectivity index (χ1) is 17.3. The molecule has 0 bridgehead atoms. The predicted octanol–water partition coefficient (Wildman–Crippen LogP) is 4.79. The molecule has 2 aliphatic heterocycles. The number of benzene rings is 1. The normalized spacial score (nSPS) is 25.7. The number of aromatic nitrogens is 1. The van der Waals surface area contributed by atoms with Crippen LogP contribution in [-0.4, -0.2) is 58.1 Å². The fraction of sp³-hybridized carbons (Fsp3) is 0.571. The summed E-state index contributed by atoms with van der Waals surface area (Å²) in [7, 11) is 0. The number of rotatable bonds is 5. The first kappa shape index (κ1) is 25.2. The first-order valence-corrected chi connectivity index (χ1v) is 13.0. The lowest BCUT2D eigenvalue weighted by Gasteiger charge is -2.39. The highest BCUT2D eigenvalue weighted by molar-refractivity contribution is 5.83. The lowest BCUT2D eigenvalue weighted by atomic mass is 9.80. The van der Waals surface area contributed by atoms with Gasteiger partial charge in [0.2, 0.25) is 5.91 Å². The van der Waals surface area contributed by atoms with E-state index >= 15 is 0 Å². The first-order valence-electron chi connectivity index (χ1n) is 13.0. The summed E-state index contributed by atoms with van der Waals surface area (Å²) in [6.07, 6.45) is 1.78. The quantitative estimate of drug-likeness (QED) is 0.641. The molecule has 36 heavy (non-hydrogen) atoms. The van der Waals surface area contributed by atoms with Crippen LogP contribution < -0.4 is 0 Å². The van der Waals surface area contributed by atoms with E-state index in [2.05, 4.69) is 34.1 Å². The average Bonchev–Trinajstić information content (AvgIpc) is 3.33. The predicted molar refractivity (Wildman–Crippen MR) is 130 cm³/mol. The minimum absolute atomic E-state index is 0.0266. The van der Waals surface area contributed by atoms with E-state index in [0.717, 1.165) is 44.6 Å². The Morgan fingerprint density at radius 2 is 1.86 bits per heavy atom. The number of aliphatic hydroxyl groups is 1. The Hall–Kier alpha value is -2.45. The molecule has 5 nitrogen and oxygen atoms in total. The Labute approximate surface area is 210 Å². The lowest BCUT2D eigenvalue weighted by Crippen LogP contribution is -2.47. The largest absolute Gasteiger partial charge is 0.417 e. The van der Waals surface area contributed by atoms with Gasteiger partial charge in [-0.05, 0) is 74.7 Å². The number of carbonyl (C=O) groups is 1. The highest BCUT2D eigenvalue weighted by Crippen LogP contribution is 2.46. The highest BCUT2D eigenvalue weighted by atomic mass is 19.4. The van der Waals surface area contributed by atoms with E-state index in [0.29, 0.717) is 55.4 Å². The number of carbonyl (C=O) groups excluding carboxylic acids is 1. The molecule has 2 atom stereocenters. The molecule has 1 saturated carbocycles. The van der Waals surface area contributed by atoms with Crippen molar-refractivity contribution < 1.29 is 23.1 Å². The fourth-order valence-corrected chi connectivity index (χ4v) is 6.57. The zero-order chi connectivity index (χ0) is 25.3. The highest BCUT2D eigenvalue weighted by Gasteiger charge is 2.48. The van der Waals surface area contributed by atoms with E-state index in [1.54, 1.807) is 4.90 Å². The molecule has 3 heterocycles. The van der Waals surface area contributed by atoms with Crippen molar-refractivity contribution in [1.82, 2.24) is 14.8 Å². The van der Waals surface area contributed by atoms with Gasteiger partial charge in [0.1, 0.15) is 0 Å². The van der Waals surface area contributed by atoms with E-state index in [-0.39, 0.29) is 19.1 Å². The minimum atomic E-state index is -4.46. The molecule has 1 aliphatic carbocycles. The molecular formula is C28H34F3N3O2. The van der Waals surface area contributed by atoms with Crippen LogP contribution in [0.15, 0.2) is 42.6 Å². The summed E-state index contributed by atoms with van der Waals surface area (Å²) in [6.45, 7) is 2.52. The van der Waals surface area contributed by atoms with Crippen molar-refractivity contribution in [3.8, 4) is 0 Å². The Bertz CT molecular complexity index is 1070. The second-order valence-corrected chi connectivity index (χ2v) is 10.7. The van der Waals surface area contributed by atoms with Crippen molar-refractivity contribution in [3.63, 3.8) is 0 Å². The van der Waals surface area contributed by atoms with E-state index in [1.165, 1.54) is 5.56 Å². The van der Waals surface area contributed by atoms with Crippen LogP contribution in [0.3, 0.4) is 0 Å². The molecule has 2 fully saturated rings. The number of hydrogen-bond acceptors (Lipinski definition) is 4. The number of hydrogen-bond donors (Lipinski definition) is 1. The van der Waals surface area contributed by atoms with Crippen LogP contribution in [0.4, 0.5) is 13.2 Å². The van der Waals surface area contributed by atoms with Gasteiger partial charge in [-0.2, -0.15) is 13.2 Å². The molecule has 1 aromatic heterocycles. The number of aliphatic hydroxyl groups excluding tert-OH is 1. The second kappa shape index (κ2) is 10.1. The van der Waals surface area contributed by atoms with Gasteiger partial charge in [0.25, 0.3) is 0 Å². The number of fused-ring (bicyclic) bond motifs is 1. The number of halogens is 3. The molecule has 0 radical (unpaired) electrons. The third-order valence-electron chi connectivity index (χ3n) is 8.60. The van der Waals surface area contributed by atoms with Gasteiger partial charge in [0.05, 0.1) is 11.0 Å². The number of likely N-dealkylation sites (tertiary alicyclic amines) is 1. The van der Waals surface area contributed by atoms with E-state index in [9.17, 15) is 23.1 Å². The van der Waals surface area contributed by atoms with Gasteiger partial charge in [-0.3, -0.25) is 9.78 Å². The van der Waals surface area contributed by atoms with Gasteiger partial charge < -0.3 is 14.9 Å². The smallest absolute Gasteiger partial charge is 0.396 e. The summed E-state index contributed by atoms with van der Waals surface area (Å²) >= 11 is 0. The van der Waals surface area contributed by atoms with E-state index in [4.69, 9.17) is 0 Å². The topological polar surface area (TPSA) is 56.7 Å². The zero-order valence-electron chi connectivity index (χ0n) is 20.5. The fourth-order valence-electron chi connectivity index (χ4n) is 6.57. The maximum absolute atomic E-state index is 13.8. The Morgan fingerprint density at radius 3 is 2.56 bits per heavy atom.